The summed E-state index contributed by atoms with van der Waals surface area (Å²) in [6.45, 7) is 3.22. The van der Waals surface area contributed by atoms with Crippen molar-refractivity contribution < 1.29 is 0 Å². The Kier molecular flexibility index (Phi) is 6.37. The maximum Gasteiger partial charge on any atom is 0.125 e. The van der Waals surface area contributed by atoms with Crippen LogP contribution in [0, 0.1) is 0 Å². The highest BCUT2D eigenvalue weighted by Crippen LogP contribution is 2.12. The molecular formula is C13H23N3S. The predicted molar refractivity (Wildman–Crippen MR) is 77.7 cm³/mol. The molecule has 0 saturated heterocycles. The third-order valence-electron chi connectivity index (χ3n) is 2.97. The lowest BCUT2D eigenvalue weighted by atomic mass is 10.2. The van der Waals surface area contributed by atoms with Crippen molar-refractivity contribution in [1.82, 2.24) is 9.88 Å². The molecule has 0 saturated carbocycles. The molecule has 1 atom stereocenters. The molecule has 0 aliphatic heterocycles. The van der Waals surface area contributed by atoms with Gasteiger partial charge in [-0.05, 0) is 31.4 Å². The van der Waals surface area contributed by atoms with Crippen molar-refractivity contribution in [3.63, 3.8) is 0 Å². The zero-order chi connectivity index (χ0) is 12.7. The first-order valence-corrected chi connectivity index (χ1v) is 7.42. The van der Waals surface area contributed by atoms with Gasteiger partial charge in [0.1, 0.15) is 5.82 Å². The van der Waals surface area contributed by atoms with E-state index >= 15 is 0 Å². The van der Waals surface area contributed by atoms with Crippen LogP contribution in [0.5, 0.6) is 0 Å². The van der Waals surface area contributed by atoms with Gasteiger partial charge in [0.05, 0.1) is 0 Å². The highest BCUT2D eigenvalue weighted by molar-refractivity contribution is 7.98. The zero-order valence-corrected chi connectivity index (χ0v) is 12.0. The van der Waals surface area contributed by atoms with Crippen LogP contribution in [0.3, 0.4) is 0 Å². The standard InChI is InChI=1S/C13H23N3S/c1-5-12(10-17-4)16(3)9-11-6-7-13(14-2)15-8-11/h6-8,12H,5,9-10H2,1-4H3,(H,14,15). The van der Waals surface area contributed by atoms with Crippen molar-refractivity contribution in [2.75, 3.05) is 31.4 Å². The van der Waals surface area contributed by atoms with Gasteiger partial charge < -0.3 is 5.32 Å². The van der Waals surface area contributed by atoms with Crippen molar-refractivity contribution in [2.45, 2.75) is 25.9 Å². The van der Waals surface area contributed by atoms with E-state index in [0.717, 1.165) is 12.4 Å². The highest BCUT2D eigenvalue weighted by Gasteiger charge is 2.12. The topological polar surface area (TPSA) is 28.2 Å². The lowest BCUT2D eigenvalue weighted by molar-refractivity contribution is 0.247. The Bertz CT molecular complexity index is 313. The number of aromatic nitrogens is 1. The smallest absolute Gasteiger partial charge is 0.125 e. The third-order valence-corrected chi connectivity index (χ3v) is 3.68. The average molecular weight is 253 g/mol. The monoisotopic (exact) mass is 253 g/mol. The first-order chi connectivity index (χ1) is 8.21. The quantitative estimate of drug-likeness (QED) is 0.809. The van der Waals surface area contributed by atoms with Gasteiger partial charge in [-0.1, -0.05) is 13.0 Å². The molecule has 0 amide bonds. The van der Waals surface area contributed by atoms with Crippen LogP contribution in [0.25, 0.3) is 0 Å². The molecule has 1 aromatic rings. The van der Waals surface area contributed by atoms with Crippen molar-refractivity contribution >= 4 is 17.6 Å². The summed E-state index contributed by atoms with van der Waals surface area (Å²) in [7, 11) is 4.08. The van der Waals surface area contributed by atoms with E-state index < -0.39 is 0 Å². The maximum atomic E-state index is 4.34. The van der Waals surface area contributed by atoms with Crippen LogP contribution in [0.1, 0.15) is 18.9 Å². The molecule has 1 heterocycles. The molecule has 0 aromatic carbocycles. The van der Waals surface area contributed by atoms with Crippen molar-refractivity contribution in [1.29, 1.82) is 0 Å². The molecule has 0 spiro atoms. The lowest BCUT2D eigenvalue weighted by Gasteiger charge is -2.26. The van der Waals surface area contributed by atoms with E-state index in [4.69, 9.17) is 0 Å². The average Bonchev–Trinajstić information content (AvgIpc) is 2.36. The second-order valence-electron chi connectivity index (χ2n) is 4.23. The SMILES string of the molecule is CCC(CSC)N(C)Cc1ccc(NC)nc1. The van der Waals surface area contributed by atoms with Gasteiger partial charge in [-0.25, -0.2) is 4.98 Å². The van der Waals surface area contributed by atoms with Crippen LogP contribution in [0.2, 0.25) is 0 Å². The third kappa shape index (κ3) is 4.56. The zero-order valence-electron chi connectivity index (χ0n) is 11.2. The molecule has 4 heteroatoms. The molecule has 0 bridgehead atoms. The Labute approximate surface area is 109 Å². The van der Waals surface area contributed by atoms with Crippen LogP contribution >= 0.6 is 11.8 Å². The molecule has 1 rings (SSSR count). The Hall–Kier alpha value is -0.740. The Morgan fingerprint density at radius 3 is 2.71 bits per heavy atom. The van der Waals surface area contributed by atoms with E-state index in [2.05, 4.69) is 41.5 Å². The van der Waals surface area contributed by atoms with Gasteiger partial charge in [0.15, 0.2) is 0 Å². The molecule has 96 valence electrons. The van der Waals surface area contributed by atoms with E-state index in [1.54, 1.807) is 0 Å². The molecule has 0 radical (unpaired) electrons. The van der Waals surface area contributed by atoms with Gasteiger partial charge >= 0.3 is 0 Å². The van der Waals surface area contributed by atoms with E-state index in [0.29, 0.717) is 6.04 Å². The Morgan fingerprint density at radius 1 is 1.47 bits per heavy atom. The molecule has 1 N–H and O–H groups in total. The summed E-state index contributed by atoms with van der Waals surface area (Å²) in [6.07, 6.45) is 5.31. The fraction of sp³-hybridized carbons (Fsp3) is 0.615. The fourth-order valence-electron chi connectivity index (χ4n) is 1.83. The second kappa shape index (κ2) is 7.56. The van der Waals surface area contributed by atoms with E-state index in [-0.39, 0.29) is 0 Å². The van der Waals surface area contributed by atoms with Crippen LogP contribution < -0.4 is 5.32 Å². The highest BCUT2D eigenvalue weighted by atomic mass is 32.2. The Balaban J connectivity index is 2.56. The van der Waals surface area contributed by atoms with Crippen molar-refractivity contribution in [3.8, 4) is 0 Å². The van der Waals surface area contributed by atoms with Crippen LogP contribution in [0.15, 0.2) is 18.3 Å². The summed E-state index contributed by atoms with van der Waals surface area (Å²) < 4.78 is 0. The van der Waals surface area contributed by atoms with E-state index in [1.165, 1.54) is 17.7 Å². The van der Waals surface area contributed by atoms with Crippen LogP contribution in [-0.4, -0.2) is 42.0 Å². The molecule has 0 aliphatic carbocycles. The molecule has 17 heavy (non-hydrogen) atoms. The van der Waals surface area contributed by atoms with E-state index in [9.17, 15) is 0 Å². The molecule has 0 aliphatic rings. The number of thioether (sulfide) groups is 1. The van der Waals surface area contributed by atoms with Gasteiger partial charge in [0, 0.05) is 31.6 Å². The number of rotatable bonds is 7. The summed E-state index contributed by atoms with van der Waals surface area (Å²) in [6, 6.07) is 4.81. The van der Waals surface area contributed by atoms with Gasteiger partial charge in [0.25, 0.3) is 0 Å². The summed E-state index contributed by atoms with van der Waals surface area (Å²) in [5.41, 5.74) is 1.27. The molecule has 3 nitrogen and oxygen atoms in total. The first kappa shape index (κ1) is 14.3. The summed E-state index contributed by atoms with van der Waals surface area (Å²) in [5.74, 6) is 2.11. The second-order valence-corrected chi connectivity index (χ2v) is 5.14. The van der Waals surface area contributed by atoms with Gasteiger partial charge in [0.2, 0.25) is 0 Å². The Morgan fingerprint density at radius 2 is 2.24 bits per heavy atom. The summed E-state index contributed by atoms with van der Waals surface area (Å²) in [5, 5.41) is 3.03. The van der Waals surface area contributed by atoms with Crippen LogP contribution in [-0.2, 0) is 6.54 Å². The predicted octanol–water partition coefficient (Wildman–Crippen LogP) is 2.70. The van der Waals surface area contributed by atoms with E-state index in [1.807, 2.05) is 31.1 Å². The van der Waals surface area contributed by atoms with Gasteiger partial charge in [-0.3, -0.25) is 4.90 Å². The van der Waals surface area contributed by atoms with Crippen molar-refractivity contribution in [3.05, 3.63) is 23.9 Å². The number of nitrogens with zero attached hydrogens (tertiary/aromatic N) is 2. The minimum atomic E-state index is 0.647. The molecule has 1 aromatic heterocycles. The number of hydrogen-bond donors (Lipinski definition) is 1. The fourth-order valence-corrected chi connectivity index (χ4v) is 2.71. The maximum absolute atomic E-state index is 4.34. The number of pyridine rings is 1. The minimum Gasteiger partial charge on any atom is -0.373 e. The summed E-state index contributed by atoms with van der Waals surface area (Å²) >= 11 is 1.91. The van der Waals surface area contributed by atoms with Crippen LogP contribution in [0.4, 0.5) is 5.82 Å². The molecular weight excluding hydrogens is 230 g/mol. The number of anilines is 1. The van der Waals surface area contributed by atoms with Crippen molar-refractivity contribution in [2.24, 2.45) is 0 Å². The van der Waals surface area contributed by atoms with Gasteiger partial charge in [-0.15, -0.1) is 0 Å². The normalized spacial score (nSPS) is 12.8. The minimum absolute atomic E-state index is 0.647. The first-order valence-electron chi connectivity index (χ1n) is 6.03. The molecule has 0 fully saturated rings. The van der Waals surface area contributed by atoms with Gasteiger partial charge in [-0.2, -0.15) is 11.8 Å². The largest absolute Gasteiger partial charge is 0.373 e. The lowest BCUT2D eigenvalue weighted by Crippen LogP contribution is -2.32. The number of nitrogens with one attached hydrogen (secondary N) is 1. The molecule has 1 unspecified atom stereocenters. The summed E-state index contributed by atoms with van der Waals surface area (Å²) in [4.78, 5) is 6.75. The number of hydrogen-bond acceptors (Lipinski definition) is 4.